The van der Waals surface area contributed by atoms with Crippen LogP contribution in [0.1, 0.15) is 44.4 Å². The fourth-order valence-corrected chi connectivity index (χ4v) is 2.30. The smallest absolute Gasteiger partial charge is 0.0443 e. The summed E-state index contributed by atoms with van der Waals surface area (Å²) >= 11 is 0. The normalized spacial score (nSPS) is 16.4. The van der Waals surface area contributed by atoms with Gasteiger partial charge in [-0.05, 0) is 31.7 Å². The molecule has 0 spiro atoms. The van der Waals surface area contributed by atoms with Gasteiger partial charge >= 0.3 is 0 Å². The minimum atomic E-state index is 0.725. The summed E-state index contributed by atoms with van der Waals surface area (Å²) in [5.74, 6) is 0.725. The van der Waals surface area contributed by atoms with Crippen LogP contribution in [0.5, 0.6) is 0 Å². The van der Waals surface area contributed by atoms with Gasteiger partial charge in [0, 0.05) is 49.3 Å². The van der Waals surface area contributed by atoms with Crippen molar-refractivity contribution in [2.24, 2.45) is 5.92 Å². The van der Waals surface area contributed by atoms with E-state index in [-0.39, 0.29) is 0 Å². The molecule has 1 aromatic heterocycles. The average molecular weight is 261 g/mol. The van der Waals surface area contributed by atoms with Gasteiger partial charge < -0.3 is 10.2 Å². The molecule has 0 radical (unpaired) electrons. The molecule has 3 nitrogen and oxygen atoms in total. The molecule has 1 heterocycles. The first-order valence-electron chi connectivity index (χ1n) is 7.50. The van der Waals surface area contributed by atoms with Crippen LogP contribution >= 0.6 is 0 Å². The third kappa shape index (κ3) is 4.20. The molecule has 0 aliphatic heterocycles. The molecule has 0 saturated heterocycles. The van der Waals surface area contributed by atoms with Gasteiger partial charge in [-0.3, -0.25) is 4.98 Å². The Morgan fingerprint density at radius 1 is 1.47 bits per heavy atom. The van der Waals surface area contributed by atoms with Crippen molar-refractivity contribution in [2.45, 2.75) is 52.6 Å². The van der Waals surface area contributed by atoms with Crippen molar-refractivity contribution >= 4 is 5.69 Å². The van der Waals surface area contributed by atoms with Gasteiger partial charge in [0.15, 0.2) is 0 Å². The lowest BCUT2D eigenvalue weighted by Crippen LogP contribution is -2.26. The first-order valence-corrected chi connectivity index (χ1v) is 7.50. The number of hydrogen-bond donors (Lipinski definition) is 1. The fraction of sp³-hybridized carbons (Fsp3) is 0.688. The molecule has 1 unspecified atom stereocenters. The SMILES string of the molecule is CCC(C)CN(C)c1cc(C)ncc1CNC1CC1. The molecule has 1 atom stereocenters. The Labute approximate surface area is 117 Å². The Morgan fingerprint density at radius 3 is 2.84 bits per heavy atom. The van der Waals surface area contributed by atoms with Crippen molar-refractivity contribution in [3.63, 3.8) is 0 Å². The second-order valence-corrected chi connectivity index (χ2v) is 6.00. The monoisotopic (exact) mass is 261 g/mol. The van der Waals surface area contributed by atoms with Crippen LogP contribution in [0.3, 0.4) is 0 Å². The van der Waals surface area contributed by atoms with Crippen molar-refractivity contribution < 1.29 is 0 Å². The first-order chi connectivity index (χ1) is 9.10. The molecule has 1 aromatic rings. The molecule has 0 bridgehead atoms. The molecule has 0 amide bonds. The van der Waals surface area contributed by atoms with E-state index in [0.29, 0.717) is 0 Å². The van der Waals surface area contributed by atoms with E-state index in [0.717, 1.165) is 30.7 Å². The fourth-order valence-electron chi connectivity index (χ4n) is 2.30. The van der Waals surface area contributed by atoms with E-state index >= 15 is 0 Å². The van der Waals surface area contributed by atoms with Gasteiger partial charge in [0.2, 0.25) is 0 Å². The van der Waals surface area contributed by atoms with Gasteiger partial charge in [-0.25, -0.2) is 0 Å². The van der Waals surface area contributed by atoms with Crippen LogP contribution in [0, 0.1) is 12.8 Å². The van der Waals surface area contributed by atoms with Crippen molar-refractivity contribution in [2.75, 3.05) is 18.5 Å². The summed E-state index contributed by atoms with van der Waals surface area (Å²) in [4.78, 5) is 6.83. The summed E-state index contributed by atoms with van der Waals surface area (Å²) in [5, 5.41) is 3.59. The Bertz CT molecular complexity index is 412. The molecular weight excluding hydrogens is 234 g/mol. The highest BCUT2D eigenvalue weighted by atomic mass is 15.1. The van der Waals surface area contributed by atoms with Crippen LogP contribution in [0.2, 0.25) is 0 Å². The lowest BCUT2D eigenvalue weighted by molar-refractivity contribution is 0.558. The molecule has 106 valence electrons. The van der Waals surface area contributed by atoms with E-state index in [2.05, 4.69) is 49.1 Å². The van der Waals surface area contributed by atoms with Crippen LogP contribution in [-0.2, 0) is 6.54 Å². The average Bonchev–Trinajstić information content (AvgIpc) is 3.21. The number of nitrogens with one attached hydrogen (secondary N) is 1. The Hall–Kier alpha value is -1.09. The molecule has 1 aliphatic carbocycles. The lowest BCUT2D eigenvalue weighted by Gasteiger charge is -2.25. The largest absolute Gasteiger partial charge is 0.374 e. The van der Waals surface area contributed by atoms with E-state index in [1.807, 2.05) is 6.20 Å². The van der Waals surface area contributed by atoms with Crippen LogP contribution < -0.4 is 10.2 Å². The maximum Gasteiger partial charge on any atom is 0.0443 e. The van der Waals surface area contributed by atoms with Gasteiger partial charge in [0.25, 0.3) is 0 Å². The second kappa shape index (κ2) is 6.38. The molecule has 1 N–H and O–H groups in total. The third-order valence-electron chi connectivity index (χ3n) is 3.95. The van der Waals surface area contributed by atoms with E-state index in [4.69, 9.17) is 0 Å². The standard InChI is InChI=1S/C16H27N3/c1-5-12(2)11-19(4)16-8-13(3)17-9-14(16)10-18-15-6-7-15/h8-9,12,15,18H,5-7,10-11H2,1-4H3. The summed E-state index contributed by atoms with van der Waals surface area (Å²) in [6, 6.07) is 2.96. The quantitative estimate of drug-likeness (QED) is 0.817. The van der Waals surface area contributed by atoms with Gasteiger partial charge in [-0.15, -0.1) is 0 Å². The summed E-state index contributed by atoms with van der Waals surface area (Å²) in [6.45, 7) is 8.69. The van der Waals surface area contributed by atoms with Crippen LogP contribution in [0.15, 0.2) is 12.3 Å². The van der Waals surface area contributed by atoms with Crippen molar-refractivity contribution in [1.82, 2.24) is 10.3 Å². The highest BCUT2D eigenvalue weighted by Gasteiger charge is 2.21. The van der Waals surface area contributed by atoms with E-state index < -0.39 is 0 Å². The summed E-state index contributed by atoms with van der Waals surface area (Å²) < 4.78 is 0. The molecule has 1 saturated carbocycles. The Kier molecular flexibility index (Phi) is 4.81. The predicted octanol–water partition coefficient (Wildman–Crippen LogP) is 3.12. The number of anilines is 1. The maximum atomic E-state index is 4.45. The third-order valence-corrected chi connectivity index (χ3v) is 3.95. The van der Waals surface area contributed by atoms with E-state index in [1.165, 1.54) is 30.5 Å². The van der Waals surface area contributed by atoms with Crippen molar-refractivity contribution in [1.29, 1.82) is 0 Å². The van der Waals surface area contributed by atoms with Gasteiger partial charge in [0.05, 0.1) is 0 Å². The highest BCUT2D eigenvalue weighted by Crippen LogP contribution is 2.24. The van der Waals surface area contributed by atoms with Crippen molar-refractivity contribution in [3.05, 3.63) is 23.5 Å². The Morgan fingerprint density at radius 2 is 2.21 bits per heavy atom. The zero-order valence-electron chi connectivity index (χ0n) is 12.7. The zero-order valence-corrected chi connectivity index (χ0v) is 12.7. The molecular formula is C16H27N3. The highest BCUT2D eigenvalue weighted by molar-refractivity contribution is 5.53. The van der Waals surface area contributed by atoms with Gasteiger partial charge in [-0.1, -0.05) is 20.3 Å². The number of pyridine rings is 1. The number of aromatic nitrogens is 1. The van der Waals surface area contributed by atoms with Crippen LogP contribution in [0.4, 0.5) is 5.69 Å². The molecule has 19 heavy (non-hydrogen) atoms. The first kappa shape index (κ1) is 14.3. The number of rotatable bonds is 7. The summed E-state index contributed by atoms with van der Waals surface area (Å²) in [5.41, 5.74) is 3.76. The lowest BCUT2D eigenvalue weighted by atomic mass is 10.1. The van der Waals surface area contributed by atoms with Gasteiger partial charge in [-0.2, -0.15) is 0 Å². The molecule has 3 heteroatoms. The molecule has 1 fully saturated rings. The minimum absolute atomic E-state index is 0.725. The molecule has 0 aromatic carbocycles. The summed E-state index contributed by atoms with van der Waals surface area (Å²) in [7, 11) is 2.20. The minimum Gasteiger partial charge on any atom is -0.374 e. The maximum absolute atomic E-state index is 4.45. The zero-order chi connectivity index (χ0) is 13.8. The second-order valence-electron chi connectivity index (χ2n) is 6.00. The number of hydrogen-bond acceptors (Lipinski definition) is 3. The Balaban J connectivity index is 2.08. The number of nitrogens with zero attached hydrogens (tertiary/aromatic N) is 2. The van der Waals surface area contributed by atoms with Crippen LogP contribution in [0.25, 0.3) is 0 Å². The van der Waals surface area contributed by atoms with Crippen molar-refractivity contribution in [3.8, 4) is 0 Å². The topological polar surface area (TPSA) is 28.2 Å². The number of aryl methyl sites for hydroxylation is 1. The summed E-state index contributed by atoms with van der Waals surface area (Å²) in [6.07, 6.45) is 5.92. The van der Waals surface area contributed by atoms with Crippen LogP contribution in [-0.4, -0.2) is 24.6 Å². The predicted molar refractivity (Wildman–Crippen MR) is 81.6 cm³/mol. The molecule has 2 rings (SSSR count). The molecule has 1 aliphatic rings. The van der Waals surface area contributed by atoms with E-state index in [9.17, 15) is 0 Å². The van der Waals surface area contributed by atoms with Gasteiger partial charge in [0.1, 0.15) is 0 Å². The van der Waals surface area contributed by atoms with E-state index in [1.54, 1.807) is 0 Å².